The van der Waals surface area contributed by atoms with Gasteiger partial charge in [0, 0.05) is 39.3 Å². The molecule has 174 valence electrons. The molecule has 1 aromatic carbocycles. The van der Waals surface area contributed by atoms with Crippen LogP contribution >= 0.6 is 0 Å². The van der Waals surface area contributed by atoms with Gasteiger partial charge in [-0.2, -0.15) is 8.61 Å². The molecule has 0 aliphatic carbocycles. The van der Waals surface area contributed by atoms with Gasteiger partial charge >= 0.3 is 0 Å². The van der Waals surface area contributed by atoms with Crippen molar-refractivity contribution >= 4 is 26.0 Å². The van der Waals surface area contributed by atoms with E-state index in [0.29, 0.717) is 18.8 Å². The van der Waals surface area contributed by atoms with Crippen molar-refractivity contribution in [1.82, 2.24) is 13.5 Å². The lowest BCUT2D eigenvalue weighted by molar-refractivity contribution is 0.0694. The molecule has 1 amide bonds. The lowest BCUT2D eigenvalue weighted by atomic mass is 10.1. The van der Waals surface area contributed by atoms with Crippen molar-refractivity contribution in [1.29, 1.82) is 0 Å². The second-order valence-corrected chi connectivity index (χ2v) is 12.0. The second-order valence-electron chi connectivity index (χ2n) is 7.77. The summed E-state index contributed by atoms with van der Waals surface area (Å²) in [5.74, 6) is -0.0488. The fourth-order valence-corrected chi connectivity index (χ4v) is 6.60. The minimum atomic E-state index is -3.71. The summed E-state index contributed by atoms with van der Waals surface area (Å²) in [6.07, 6.45) is 3.68. The third kappa shape index (κ3) is 5.21. The first-order valence-corrected chi connectivity index (χ1v) is 13.7. The standard InChI is InChI=1S/C20H31N3O6S2/c1-3-30(25,26)22-14-12-21(13-15-22)20(24)18-16-17(8-9-19(18)29-2)31(27,28)23-10-6-4-5-7-11-23/h8-9,16H,3-7,10-15H2,1-2H3. The van der Waals surface area contributed by atoms with Crippen molar-refractivity contribution < 1.29 is 26.4 Å². The number of amides is 1. The van der Waals surface area contributed by atoms with Crippen LogP contribution in [-0.4, -0.2) is 88.4 Å². The van der Waals surface area contributed by atoms with Gasteiger partial charge in [0.15, 0.2) is 0 Å². The van der Waals surface area contributed by atoms with Gasteiger partial charge in [0.1, 0.15) is 5.75 Å². The number of piperazine rings is 1. The van der Waals surface area contributed by atoms with Crippen LogP contribution in [-0.2, 0) is 20.0 Å². The van der Waals surface area contributed by atoms with Crippen molar-refractivity contribution in [2.75, 3.05) is 52.1 Å². The molecule has 0 saturated carbocycles. The van der Waals surface area contributed by atoms with Crippen LogP contribution in [0.4, 0.5) is 0 Å². The number of ether oxygens (including phenoxy) is 1. The van der Waals surface area contributed by atoms with E-state index >= 15 is 0 Å². The smallest absolute Gasteiger partial charge is 0.257 e. The maximum atomic E-state index is 13.2. The van der Waals surface area contributed by atoms with Crippen molar-refractivity contribution in [3.05, 3.63) is 23.8 Å². The number of hydrogen-bond acceptors (Lipinski definition) is 6. The third-order valence-electron chi connectivity index (χ3n) is 5.89. The van der Waals surface area contributed by atoms with Crippen molar-refractivity contribution in [2.24, 2.45) is 0 Å². The fourth-order valence-electron chi connectivity index (χ4n) is 3.97. The molecular weight excluding hydrogens is 442 g/mol. The van der Waals surface area contributed by atoms with Gasteiger partial charge in [-0.15, -0.1) is 0 Å². The highest BCUT2D eigenvalue weighted by atomic mass is 32.2. The number of methoxy groups -OCH3 is 1. The van der Waals surface area contributed by atoms with Crippen LogP contribution in [0.2, 0.25) is 0 Å². The molecule has 0 spiro atoms. The quantitative estimate of drug-likeness (QED) is 0.618. The molecule has 0 N–H and O–H groups in total. The first kappa shape index (κ1) is 24.0. The first-order chi connectivity index (χ1) is 14.7. The predicted molar refractivity (Wildman–Crippen MR) is 117 cm³/mol. The monoisotopic (exact) mass is 473 g/mol. The van der Waals surface area contributed by atoms with Gasteiger partial charge in [-0.25, -0.2) is 16.8 Å². The number of carbonyl (C=O) groups excluding carboxylic acids is 1. The maximum absolute atomic E-state index is 13.2. The van der Waals surface area contributed by atoms with Gasteiger partial charge in [-0.1, -0.05) is 12.8 Å². The van der Waals surface area contributed by atoms with Gasteiger partial charge in [0.2, 0.25) is 20.0 Å². The van der Waals surface area contributed by atoms with E-state index < -0.39 is 20.0 Å². The molecule has 11 heteroatoms. The predicted octanol–water partition coefficient (Wildman–Crippen LogP) is 1.37. The summed E-state index contributed by atoms with van der Waals surface area (Å²) >= 11 is 0. The van der Waals surface area contributed by atoms with Gasteiger partial charge in [-0.05, 0) is 38.0 Å². The number of sulfonamides is 2. The van der Waals surface area contributed by atoms with Crippen LogP contribution in [0.25, 0.3) is 0 Å². The zero-order chi connectivity index (χ0) is 22.6. The van der Waals surface area contributed by atoms with Crippen LogP contribution in [0.5, 0.6) is 5.75 Å². The normalized spacial score (nSPS) is 19.7. The van der Waals surface area contributed by atoms with Crippen LogP contribution in [0.1, 0.15) is 43.0 Å². The Balaban J connectivity index is 1.83. The van der Waals surface area contributed by atoms with Gasteiger partial charge in [-0.3, -0.25) is 4.79 Å². The molecule has 9 nitrogen and oxygen atoms in total. The molecule has 2 aliphatic heterocycles. The van der Waals surface area contributed by atoms with E-state index in [1.165, 1.54) is 33.9 Å². The first-order valence-electron chi connectivity index (χ1n) is 10.7. The van der Waals surface area contributed by atoms with Crippen molar-refractivity contribution in [3.8, 4) is 5.75 Å². The van der Waals surface area contributed by atoms with Crippen molar-refractivity contribution in [2.45, 2.75) is 37.5 Å². The summed E-state index contributed by atoms with van der Waals surface area (Å²) in [7, 11) is -5.58. The summed E-state index contributed by atoms with van der Waals surface area (Å²) in [6.45, 7) is 3.46. The highest BCUT2D eigenvalue weighted by Gasteiger charge is 2.31. The largest absolute Gasteiger partial charge is 0.496 e. The van der Waals surface area contributed by atoms with Crippen LogP contribution < -0.4 is 4.74 Å². The highest BCUT2D eigenvalue weighted by Crippen LogP contribution is 2.27. The number of nitrogens with zero attached hydrogens (tertiary/aromatic N) is 3. The second kappa shape index (κ2) is 9.85. The SMILES string of the molecule is CCS(=O)(=O)N1CCN(C(=O)c2cc(S(=O)(=O)N3CCCCCC3)ccc2OC)CC1. The maximum Gasteiger partial charge on any atom is 0.257 e. The Labute approximate surface area is 185 Å². The number of benzene rings is 1. The summed E-state index contributed by atoms with van der Waals surface area (Å²) in [6, 6.07) is 4.37. The third-order valence-corrected chi connectivity index (χ3v) is 9.66. The minimum absolute atomic E-state index is 0.0190. The minimum Gasteiger partial charge on any atom is -0.496 e. The van der Waals surface area contributed by atoms with Crippen LogP contribution in [0, 0.1) is 0 Å². The molecule has 0 bridgehead atoms. The number of hydrogen-bond donors (Lipinski definition) is 0. The molecule has 2 aliphatic rings. The molecular formula is C20H31N3O6S2. The Bertz CT molecular complexity index is 994. The van der Waals surface area contributed by atoms with E-state index in [2.05, 4.69) is 0 Å². The highest BCUT2D eigenvalue weighted by molar-refractivity contribution is 7.89. The molecule has 31 heavy (non-hydrogen) atoms. The average molecular weight is 474 g/mol. The van der Waals surface area contributed by atoms with E-state index in [1.807, 2.05) is 0 Å². The summed E-state index contributed by atoms with van der Waals surface area (Å²) < 4.78 is 58.6. The zero-order valence-electron chi connectivity index (χ0n) is 18.1. The molecule has 1 aromatic rings. The number of rotatable bonds is 6. The van der Waals surface area contributed by atoms with Crippen molar-refractivity contribution in [3.63, 3.8) is 0 Å². The fraction of sp³-hybridized carbons (Fsp3) is 0.650. The molecule has 0 radical (unpaired) electrons. The van der Waals surface area contributed by atoms with E-state index in [0.717, 1.165) is 25.7 Å². The molecule has 0 unspecified atom stereocenters. The average Bonchev–Trinajstić information content (AvgIpc) is 3.08. The van der Waals surface area contributed by atoms with Gasteiger partial charge < -0.3 is 9.64 Å². The van der Waals surface area contributed by atoms with Crippen LogP contribution in [0.3, 0.4) is 0 Å². The van der Waals surface area contributed by atoms with Crippen LogP contribution in [0.15, 0.2) is 23.1 Å². The lowest BCUT2D eigenvalue weighted by Gasteiger charge is -2.34. The molecule has 2 fully saturated rings. The zero-order valence-corrected chi connectivity index (χ0v) is 19.8. The van der Waals surface area contributed by atoms with Gasteiger partial charge in [0.25, 0.3) is 5.91 Å². The summed E-state index contributed by atoms with van der Waals surface area (Å²) in [4.78, 5) is 14.8. The Morgan fingerprint density at radius 1 is 0.903 bits per heavy atom. The van der Waals surface area contributed by atoms with E-state index in [1.54, 1.807) is 11.8 Å². The topological polar surface area (TPSA) is 104 Å². The molecule has 3 rings (SSSR count). The van der Waals surface area contributed by atoms with Gasteiger partial charge in [0.05, 0.1) is 23.3 Å². The molecule has 0 atom stereocenters. The Hall–Kier alpha value is -1.69. The Morgan fingerprint density at radius 3 is 2.06 bits per heavy atom. The Kier molecular flexibility index (Phi) is 7.61. The summed E-state index contributed by atoms with van der Waals surface area (Å²) in [5.41, 5.74) is 0.171. The summed E-state index contributed by atoms with van der Waals surface area (Å²) in [5, 5.41) is 0. The number of carbonyl (C=O) groups is 1. The molecule has 2 saturated heterocycles. The molecule has 0 aromatic heterocycles. The van der Waals surface area contributed by atoms with E-state index in [4.69, 9.17) is 4.74 Å². The lowest BCUT2D eigenvalue weighted by Crippen LogP contribution is -2.50. The Morgan fingerprint density at radius 2 is 1.52 bits per heavy atom. The van der Waals surface area contributed by atoms with E-state index in [-0.39, 0.29) is 48.3 Å². The molecule has 2 heterocycles. The van der Waals surface area contributed by atoms with E-state index in [9.17, 15) is 21.6 Å².